The summed E-state index contributed by atoms with van der Waals surface area (Å²) >= 11 is 0. The molecule has 1 fully saturated rings. The predicted octanol–water partition coefficient (Wildman–Crippen LogP) is 9.26. The van der Waals surface area contributed by atoms with Crippen LogP contribution in [0.25, 0.3) is 0 Å². The minimum atomic E-state index is 0.567. The highest BCUT2D eigenvalue weighted by Crippen LogP contribution is 2.35. The van der Waals surface area contributed by atoms with E-state index in [9.17, 15) is 0 Å². The lowest BCUT2D eigenvalue weighted by atomic mass is 9.78. The molecule has 0 atom stereocenters. The molecule has 3 rings (SSSR count). The van der Waals surface area contributed by atoms with Gasteiger partial charge in [-0.1, -0.05) is 101 Å². The maximum absolute atomic E-state index is 3.58. The Balaban J connectivity index is 1.40. The van der Waals surface area contributed by atoms with Crippen molar-refractivity contribution in [2.45, 2.75) is 110 Å². The summed E-state index contributed by atoms with van der Waals surface area (Å²) in [5, 5.41) is 0. The van der Waals surface area contributed by atoms with Gasteiger partial charge in [-0.2, -0.15) is 0 Å². The maximum atomic E-state index is 3.58. The molecule has 0 bridgehead atoms. The number of unbranched alkanes of at least 4 members (excludes halogenated alkanes) is 6. The maximum Gasteiger partial charge on any atom is 0.0245 e. The van der Waals surface area contributed by atoms with Gasteiger partial charge in [0, 0.05) is 11.5 Å². The van der Waals surface area contributed by atoms with E-state index in [2.05, 4.69) is 74.2 Å². The fraction of sp³-hybridized carbons (Fsp3) is 0.562. The predicted molar refractivity (Wildman–Crippen MR) is 140 cm³/mol. The third-order valence-corrected chi connectivity index (χ3v) is 7.19. The Morgan fingerprint density at radius 2 is 1.16 bits per heavy atom. The number of benzene rings is 2. The third-order valence-electron chi connectivity index (χ3n) is 7.19. The van der Waals surface area contributed by atoms with Crippen LogP contribution >= 0.6 is 0 Å². The Labute approximate surface area is 198 Å². The van der Waals surface area contributed by atoms with Gasteiger partial charge in [-0.15, -0.1) is 0 Å². The molecule has 0 amide bonds. The van der Waals surface area contributed by atoms with E-state index in [1.165, 1.54) is 107 Å². The van der Waals surface area contributed by atoms with Crippen molar-refractivity contribution < 1.29 is 0 Å². The molecule has 0 heterocycles. The van der Waals surface area contributed by atoms with Crippen molar-refractivity contribution in [1.29, 1.82) is 0 Å². The first-order chi connectivity index (χ1) is 15.8. The van der Waals surface area contributed by atoms with Gasteiger partial charge in [0.2, 0.25) is 0 Å². The van der Waals surface area contributed by atoms with Gasteiger partial charge in [0.15, 0.2) is 0 Å². The average molecular weight is 429 g/mol. The van der Waals surface area contributed by atoms with E-state index in [0.717, 1.165) is 5.92 Å². The van der Waals surface area contributed by atoms with Crippen molar-refractivity contribution in [2.24, 2.45) is 5.92 Å². The van der Waals surface area contributed by atoms with Crippen LogP contribution in [0, 0.1) is 17.8 Å². The highest BCUT2D eigenvalue weighted by molar-refractivity contribution is 5.37. The third kappa shape index (κ3) is 8.50. The van der Waals surface area contributed by atoms with Crippen molar-refractivity contribution in [3.8, 4) is 11.8 Å². The van der Waals surface area contributed by atoms with E-state index in [1.54, 1.807) is 5.56 Å². The monoisotopic (exact) mass is 428 g/mol. The Morgan fingerprint density at radius 1 is 0.625 bits per heavy atom. The molecule has 2 aromatic carbocycles. The van der Waals surface area contributed by atoms with Gasteiger partial charge in [0.05, 0.1) is 0 Å². The second-order valence-electron chi connectivity index (χ2n) is 9.88. The summed E-state index contributed by atoms with van der Waals surface area (Å²) in [6.45, 7) is 4.55. The largest absolute Gasteiger partial charge is 0.0945 e. The molecule has 2 aromatic rings. The summed E-state index contributed by atoms with van der Waals surface area (Å²) < 4.78 is 0. The van der Waals surface area contributed by atoms with Crippen molar-refractivity contribution in [3.63, 3.8) is 0 Å². The van der Waals surface area contributed by atoms with Gasteiger partial charge in [-0.25, -0.2) is 0 Å². The summed E-state index contributed by atoms with van der Waals surface area (Å²) in [5.41, 5.74) is 5.69. The Morgan fingerprint density at radius 3 is 1.78 bits per heavy atom. The highest BCUT2D eigenvalue weighted by Gasteiger charge is 2.21. The van der Waals surface area contributed by atoms with Gasteiger partial charge >= 0.3 is 0 Å². The molecule has 0 spiro atoms. The lowest BCUT2D eigenvalue weighted by molar-refractivity contribution is 0.384. The molecule has 0 saturated heterocycles. The molecule has 32 heavy (non-hydrogen) atoms. The second-order valence-corrected chi connectivity index (χ2v) is 9.88. The number of aryl methyl sites for hydroxylation is 2. The van der Waals surface area contributed by atoms with Crippen molar-refractivity contribution >= 4 is 0 Å². The van der Waals surface area contributed by atoms with E-state index in [0.29, 0.717) is 5.92 Å². The molecule has 0 aliphatic heterocycles. The summed E-state index contributed by atoms with van der Waals surface area (Å²) in [7, 11) is 0. The average Bonchev–Trinajstić information content (AvgIpc) is 2.84. The summed E-state index contributed by atoms with van der Waals surface area (Å²) in [6.07, 6.45) is 18.2. The molecule has 172 valence electrons. The molecular formula is C32H44. The molecule has 1 saturated carbocycles. The first-order valence-electron chi connectivity index (χ1n) is 13.5. The minimum Gasteiger partial charge on any atom is -0.0945 e. The van der Waals surface area contributed by atoms with Crippen LogP contribution in [-0.2, 0) is 12.8 Å². The normalized spacial score (nSPS) is 18.2. The van der Waals surface area contributed by atoms with E-state index in [4.69, 9.17) is 0 Å². The zero-order chi connectivity index (χ0) is 22.4. The lowest BCUT2D eigenvalue weighted by Gasteiger charge is -2.26. The van der Waals surface area contributed by atoms with Crippen LogP contribution in [0.2, 0.25) is 0 Å². The Bertz CT molecular complexity index is 807. The van der Waals surface area contributed by atoms with Gasteiger partial charge in [-0.05, 0) is 86.1 Å². The standard InChI is InChI=1S/C32H44/c1-3-5-7-8-10-12-28-19-23-31(24-20-28)32-25-21-30(22-26-32)18-17-29-15-13-27(14-16-29)11-9-6-4-2/h13-16,19-20,23-24,30,32H,3-12,21-22,25-26H2,1-2H3. The topological polar surface area (TPSA) is 0 Å². The van der Waals surface area contributed by atoms with Crippen molar-refractivity contribution in [3.05, 3.63) is 70.8 Å². The van der Waals surface area contributed by atoms with Gasteiger partial charge < -0.3 is 0 Å². The van der Waals surface area contributed by atoms with Gasteiger partial charge in [-0.3, -0.25) is 0 Å². The number of rotatable bonds is 11. The molecule has 0 heteroatoms. The molecule has 0 unspecified atom stereocenters. The molecule has 1 aliphatic carbocycles. The van der Waals surface area contributed by atoms with E-state index < -0.39 is 0 Å². The molecular weight excluding hydrogens is 384 g/mol. The van der Waals surface area contributed by atoms with Crippen LogP contribution in [0.5, 0.6) is 0 Å². The quantitative estimate of drug-likeness (QED) is 0.247. The molecule has 0 N–H and O–H groups in total. The number of hydrogen-bond donors (Lipinski definition) is 0. The van der Waals surface area contributed by atoms with Crippen LogP contribution in [-0.4, -0.2) is 0 Å². The summed E-state index contributed by atoms with van der Waals surface area (Å²) in [5.74, 6) is 8.33. The molecule has 0 nitrogen and oxygen atoms in total. The second kappa shape index (κ2) is 14.2. The van der Waals surface area contributed by atoms with Crippen molar-refractivity contribution in [2.75, 3.05) is 0 Å². The van der Waals surface area contributed by atoms with Crippen LogP contribution in [0.1, 0.15) is 119 Å². The van der Waals surface area contributed by atoms with Crippen molar-refractivity contribution in [1.82, 2.24) is 0 Å². The zero-order valence-corrected chi connectivity index (χ0v) is 20.7. The highest BCUT2D eigenvalue weighted by atomic mass is 14.2. The fourth-order valence-corrected chi connectivity index (χ4v) is 4.98. The SMILES string of the molecule is CCCCCCCc1ccc(C2CCC(C#Cc3ccc(CCCCC)cc3)CC2)cc1. The van der Waals surface area contributed by atoms with Crippen LogP contribution in [0.4, 0.5) is 0 Å². The van der Waals surface area contributed by atoms with Crippen LogP contribution in [0.15, 0.2) is 48.5 Å². The fourth-order valence-electron chi connectivity index (χ4n) is 4.98. The van der Waals surface area contributed by atoms with E-state index >= 15 is 0 Å². The first kappa shape index (κ1) is 24.6. The first-order valence-corrected chi connectivity index (χ1v) is 13.5. The lowest BCUT2D eigenvalue weighted by Crippen LogP contribution is -2.12. The molecule has 1 aliphatic rings. The minimum absolute atomic E-state index is 0.567. The molecule has 0 aromatic heterocycles. The van der Waals surface area contributed by atoms with Crippen LogP contribution in [0.3, 0.4) is 0 Å². The van der Waals surface area contributed by atoms with Gasteiger partial charge in [0.1, 0.15) is 0 Å². The van der Waals surface area contributed by atoms with E-state index in [-0.39, 0.29) is 0 Å². The van der Waals surface area contributed by atoms with E-state index in [1.807, 2.05) is 0 Å². The smallest absolute Gasteiger partial charge is 0.0245 e. The summed E-state index contributed by atoms with van der Waals surface area (Å²) in [6, 6.07) is 18.5. The Hall–Kier alpha value is -2.00. The molecule has 0 radical (unpaired) electrons. The Kier molecular flexibility index (Phi) is 10.9. The zero-order valence-electron chi connectivity index (χ0n) is 20.7. The summed E-state index contributed by atoms with van der Waals surface area (Å²) in [4.78, 5) is 0. The van der Waals surface area contributed by atoms with Crippen LogP contribution < -0.4 is 0 Å². The van der Waals surface area contributed by atoms with Gasteiger partial charge in [0.25, 0.3) is 0 Å². The number of hydrogen-bond acceptors (Lipinski definition) is 0.